The van der Waals surface area contributed by atoms with E-state index in [1.807, 2.05) is 0 Å². The third-order valence-electron chi connectivity index (χ3n) is 1.78. The van der Waals surface area contributed by atoms with Gasteiger partial charge in [-0.25, -0.2) is 4.79 Å². The Morgan fingerprint density at radius 2 is 2.00 bits per heavy atom. The second-order valence-corrected chi connectivity index (χ2v) is 4.01. The fourth-order valence-electron chi connectivity index (χ4n) is 1.08. The Balaban J connectivity index is 3.45. The lowest BCUT2D eigenvalue weighted by molar-refractivity contribution is -0.138. The number of ether oxygens (including phenoxy) is 1. The van der Waals surface area contributed by atoms with E-state index in [-0.39, 0.29) is 10.0 Å². The van der Waals surface area contributed by atoms with Crippen LogP contribution in [-0.4, -0.2) is 13.1 Å². The van der Waals surface area contributed by atoms with Crippen molar-refractivity contribution in [2.75, 3.05) is 7.11 Å². The minimum absolute atomic E-state index is 0.224. The summed E-state index contributed by atoms with van der Waals surface area (Å²) in [5, 5.41) is -0.672. The molecule has 0 aromatic heterocycles. The predicted octanol–water partition coefficient (Wildman–Crippen LogP) is 3.91. The van der Waals surface area contributed by atoms with Crippen LogP contribution < -0.4 is 0 Å². The second kappa shape index (κ2) is 4.63. The van der Waals surface area contributed by atoms with Gasteiger partial charge in [-0.05, 0) is 12.1 Å². The molecule has 2 nitrogen and oxygen atoms in total. The Kier molecular flexibility index (Phi) is 3.85. The summed E-state index contributed by atoms with van der Waals surface area (Å²) in [6.45, 7) is 0. The van der Waals surface area contributed by atoms with E-state index in [0.29, 0.717) is 0 Å². The van der Waals surface area contributed by atoms with Gasteiger partial charge in [0.25, 0.3) is 0 Å². The molecule has 0 aliphatic carbocycles. The first kappa shape index (κ1) is 13.3. The van der Waals surface area contributed by atoms with Gasteiger partial charge in [0.05, 0.1) is 23.3 Å². The van der Waals surface area contributed by atoms with Gasteiger partial charge in [-0.3, -0.25) is 0 Å². The second-order valence-electron chi connectivity index (χ2n) is 2.77. The minimum atomic E-state index is -4.64. The minimum Gasteiger partial charge on any atom is -0.465 e. The number of alkyl halides is 3. The number of hydrogen-bond acceptors (Lipinski definition) is 2. The fourth-order valence-corrected chi connectivity index (χ4v) is 2.10. The molecule has 7 heteroatoms. The van der Waals surface area contributed by atoms with Crippen molar-refractivity contribution < 1.29 is 22.7 Å². The maximum absolute atomic E-state index is 12.6. The van der Waals surface area contributed by atoms with E-state index in [2.05, 4.69) is 20.7 Å². The topological polar surface area (TPSA) is 26.3 Å². The molecule has 0 unspecified atom stereocenters. The molecule has 1 rings (SSSR count). The standard InChI is InChI=1S/C9H5BrClF3O2/c1-16-8(15)4-2-3-5(10)6(7(4)11)9(12,13)14/h2-3H,1H3. The Labute approximate surface area is 102 Å². The number of carbonyl (C=O) groups excluding carboxylic acids is 1. The van der Waals surface area contributed by atoms with Crippen molar-refractivity contribution >= 4 is 33.5 Å². The molecule has 0 aliphatic rings. The molecule has 88 valence electrons. The molecule has 0 amide bonds. The van der Waals surface area contributed by atoms with Gasteiger partial charge in [-0.15, -0.1) is 0 Å². The molecular formula is C9H5BrClF3O2. The van der Waals surface area contributed by atoms with E-state index in [1.165, 1.54) is 0 Å². The summed E-state index contributed by atoms with van der Waals surface area (Å²) in [5.74, 6) is -0.914. The van der Waals surface area contributed by atoms with Crippen LogP contribution in [0.4, 0.5) is 13.2 Å². The Hall–Kier alpha value is -0.750. The van der Waals surface area contributed by atoms with Crippen molar-refractivity contribution in [3.63, 3.8) is 0 Å². The highest BCUT2D eigenvalue weighted by molar-refractivity contribution is 9.10. The van der Waals surface area contributed by atoms with Crippen LogP contribution in [0.1, 0.15) is 15.9 Å². The van der Waals surface area contributed by atoms with Gasteiger partial charge in [-0.2, -0.15) is 13.2 Å². The highest BCUT2D eigenvalue weighted by atomic mass is 79.9. The summed E-state index contributed by atoms with van der Waals surface area (Å²) in [5.41, 5.74) is -1.41. The maximum atomic E-state index is 12.6. The van der Waals surface area contributed by atoms with E-state index < -0.39 is 22.7 Å². The third kappa shape index (κ3) is 2.49. The van der Waals surface area contributed by atoms with E-state index in [9.17, 15) is 18.0 Å². The normalized spacial score (nSPS) is 11.4. The van der Waals surface area contributed by atoms with Crippen LogP contribution in [0.3, 0.4) is 0 Å². The van der Waals surface area contributed by atoms with Crippen LogP contribution in [0.2, 0.25) is 5.02 Å². The predicted molar refractivity (Wildman–Crippen MR) is 55.5 cm³/mol. The summed E-state index contributed by atoms with van der Waals surface area (Å²) >= 11 is 8.25. The smallest absolute Gasteiger partial charge is 0.418 e. The number of benzene rings is 1. The molecule has 0 heterocycles. The lowest BCUT2D eigenvalue weighted by Crippen LogP contribution is -2.11. The average molecular weight is 317 g/mol. The summed E-state index contributed by atoms with van der Waals surface area (Å²) in [7, 11) is 1.06. The zero-order valence-corrected chi connectivity index (χ0v) is 10.2. The summed E-state index contributed by atoms with van der Waals surface area (Å²) in [4.78, 5) is 11.1. The van der Waals surface area contributed by atoms with Crippen molar-refractivity contribution in [3.05, 3.63) is 32.8 Å². The summed E-state index contributed by atoms with van der Waals surface area (Å²) < 4.78 is 41.9. The highest BCUT2D eigenvalue weighted by Gasteiger charge is 2.37. The van der Waals surface area contributed by atoms with Gasteiger partial charge in [0, 0.05) is 4.47 Å². The number of halogens is 5. The van der Waals surface area contributed by atoms with Crippen LogP contribution in [-0.2, 0) is 10.9 Å². The van der Waals surface area contributed by atoms with Crippen molar-refractivity contribution in [1.82, 2.24) is 0 Å². The summed E-state index contributed by atoms with van der Waals surface area (Å²) in [6.07, 6.45) is -4.64. The number of carbonyl (C=O) groups is 1. The van der Waals surface area contributed by atoms with Crippen LogP contribution >= 0.6 is 27.5 Å². The van der Waals surface area contributed by atoms with E-state index >= 15 is 0 Å². The zero-order valence-electron chi connectivity index (χ0n) is 7.86. The van der Waals surface area contributed by atoms with Gasteiger partial charge in [0.15, 0.2) is 0 Å². The number of rotatable bonds is 1. The molecular weight excluding hydrogens is 312 g/mol. The molecule has 1 aromatic carbocycles. The lowest BCUT2D eigenvalue weighted by atomic mass is 10.1. The quantitative estimate of drug-likeness (QED) is 0.734. The van der Waals surface area contributed by atoms with Crippen molar-refractivity contribution in [2.45, 2.75) is 6.18 Å². The van der Waals surface area contributed by atoms with Crippen LogP contribution in [0.15, 0.2) is 16.6 Å². The Morgan fingerprint density at radius 3 is 2.44 bits per heavy atom. The largest absolute Gasteiger partial charge is 0.465 e. The van der Waals surface area contributed by atoms with E-state index in [4.69, 9.17) is 11.6 Å². The first-order valence-corrected chi connectivity index (χ1v) is 5.09. The molecule has 0 fully saturated rings. The molecule has 0 N–H and O–H groups in total. The molecule has 16 heavy (non-hydrogen) atoms. The Morgan fingerprint density at radius 1 is 1.44 bits per heavy atom. The molecule has 0 atom stereocenters. The van der Waals surface area contributed by atoms with Gasteiger partial charge >= 0.3 is 12.1 Å². The average Bonchev–Trinajstić information content (AvgIpc) is 2.14. The van der Waals surface area contributed by atoms with Crippen molar-refractivity contribution in [2.24, 2.45) is 0 Å². The molecule has 0 saturated heterocycles. The molecule has 0 bridgehead atoms. The molecule has 1 aromatic rings. The molecule has 0 radical (unpaired) electrons. The molecule has 0 spiro atoms. The first-order valence-electron chi connectivity index (χ1n) is 3.92. The van der Waals surface area contributed by atoms with Gasteiger partial charge in [0.1, 0.15) is 0 Å². The number of hydrogen-bond donors (Lipinski definition) is 0. The van der Waals surface area contributed by atoms with E-state index in [1.54, 1.807) is 0 Å². The van der Waals surface area contributed by atoms with Gasteiger partial charge < -0.3 is 4.74 Å². The number of esters is 1. The lowest BCUT2D eigenvalue weighted by Gasteiger charge is -2.13. The number of methoxy groups -OCH3 is 1. The SMILES string of the molecule is COC(=O)c1ccc(Br)c(C(F)(F)F)c1Cl. The molecule has 0 saturated carbocycles. The van der Waals surface area contributed by atoms with Gasteiger partial charge in [0.2, 0.25) is 0 Å². The highest BCUT2D eigenvalue weighted by Crippen LogP contribution is 2.41. The van der Waals surface area contributed by atoms with Crippen LogP contribution in [0, 0.1) is 0 Å². The monoisotopic (exact) mass is 316 g/mol. The maximum Gasteiger partial charge on any atom is 0.418 e. The first-order chi connectivity index (χ1) is 7.29. The fraction of sp³-hybridized carbons (Fsp3) is 0.222. The third-order valence-corrected chi connectivity index (χ3v) is 2.83. The summed E-state index contributed by atoms with van der Waals surface area (Å²) in [6, 6.07) is 2.26. The van der Waals surface area contributed by atoms with Crippen molar-refractivity contribution in [3.8, 4) is 0 Å². The van der Waals surface area contributed by atoms with E-state index in [0.717, 1.165) is 19.2 Å². The van der Waals surface area contributed by atoms with Crippen molar-refractivity contribution in [1.29, 1.82) is 0 Å². The molecule has 0 aliphatic heterocycles. The van der Waals surface area contributed by atoms with Crippen LogP contribution in [0.25, 0.3) is 0 Å². The Bertz CT molecular complexity index is 431. The van der Waals surface area contributed by atoms with Crippen LogP contribution in [0.5, 0.6) is 0 Å². The van der Waals surface area contributed by atoms with Gasteiger partial charge in [-0.1, -0.05) is 27.5 Å². The zero-order chi connectivity index (χ0) is 12.5.